The largest absolute Gasteiger partial charge is 0.320 e. The van der Waals surface area contributed by atoms with Gasteiger partial charge in [-0.3, -0.25) is 0 Å². The topological polar surface area (TPSA) is 73.6 Å². The van der Waals surface area contributed by atoms with Gasteiger partial charge in [-0.25, -0.2) is 0 Å². The number of nitrogens with two attached hydrogens (primary N) is 1. The number of rotatable bonds is 0. The van der Waals surface area contributed by atoms with Crippen LogP contribution >= 0.6 is 0 Å². The fourth-order valence-electron chi connectivity index (χ4n) is 3.21. The van der Waals surface area contributed by atoms with E-state index in [0.717, 1.165) is 27.8 Å². The van der Waals surface area contributed by atoms with Crippen molar-refractivity contribution < 1.29 is 0 Å². The van der Waals surface area contributed by atoms with Crippen LogP contribution in [-0.2, 0) is 0 Å². The molecule has 0 saturated carbocycles. The van der Waals surface area contributed by atoms with Gasteiger partial charge in [-0.2, -0.15) is 10.5 Å². The number of nitriles is 2. The van der Waals surface area contributed by atoms with Gasteiger partial charge >= 0.3 is 0 Å². The molecule has 1 aliphatic rings. The van der Waals surface area contributed by atoms with Crippen molar-refractivity contribution in [1.29, 1.82) is 10.5 Å². The molecule has 1 aromatic carbocycles. The summed E-state index contributed by atoms with van der Waals surface area (Å²) in [4.78, 5) is 0. The highest BCUT2D eigenvalue weighted by Crippen LogP contribution is 2.47. The minimum absolute atomic E-state index is 0.127. The predicted octanol–water partition coefficient (Wildman–Crippen LogP) is 3.86. The first-order valence-corrected chi connectivity index (χ1v) is 6.94. The van der Waals surface area contributed by atoms with Gasteiger partial charge in [-0.05, 0) is 34.6 Å². The summed E-state index contributed by atoms with van der Waals surface area (Å²) in [5.74, 6) is 0. The third-order valence-corrected chi connectivity index (χ3v) is 3.94. The lowest BCUT2D eigenvalue weighted by Crippen LogP contribution is -2.28. The highest BCUT2D eigenvalue weighted by molar-refractivity contribution is 5.90. The highest BCUT2D eigenvalue weighted by Gasteiger charge is 2.34. The molecule has 1 aromatic rings. The molecule has 1 aliphatic carbocycles. The van der Waals surface area contributed by atoms with Crippen molar-refractivity contribution in [2.45, 2.75) is 33.7 Å². The first kappa shape index (κ1) is 15.0. The normalized spacial score (nSPS) is 17.9. The van der Waals surface area contributed by atoms with Crippen LogP contribution in [0.2, 0.25) is 0 Å². The van der Waals surface area contributed by atoms with Gasteiger partial charge in [0, 0.05) is 5.57 Å². The Morgan fingerprint density at radius 1 is 1.14 bits per heavy atom. The van der Waals surface area contributed by atoms with Crippen LogP contribution in [0.15, 0.2) is 41.0 Å². The van der Waals surface area contributed by atoms with Crippen LogP contribution in [-0.4, -0.2) is 0 Å². The van der Waals surface area contributed by atoms with E-state index in [2.05, 4.69) is 20.8 Å². The molecule has 0 fully saturated rings. The van der Waals surface area contributed by atoms with Gasteiger partial charge in [0.25, 0.3) is 0 Å². The van der Waals surface area contributed by atoms with E-state index in [1.807, 2.05) is 43.3 Å². The summed E-state index contributed by atoms with van der Waals surface area (Å²) < 4.78 is 0. The van der Waals surface area contributed by atoms with Crippen LogP contribution in [0.4, 0.5) is 0 Å². The zero-order valence-corrected chi connectivity index (χ0v) is 12.9. The molecule has 2 rings (SSSR count). The minimum Gasteiger partial charge on any atom is -0.320 e. The Balaban J connectivity index is 2.92. The van der Waals surface area contributed by atoms with Crippen LogP contribution in [0.3, 0.4) is 0 Å². The van der Waals surface area contributed by atoms with E-state index >= 15 is 0 Å². The van der Waals surface area contributed by atoms with Gasteiger partial charge in [0.05, 0.1) is 6.04 Å². The summed E-state index contributed by atoms with van der Waals surface area (Å²) in [6.45, 7) is 8.28. The Kier molecular flexibility index (Phi) is 3.73. The molecule has 0 radical (unpaired) electrons. The smallest absolute Gasteiger partial charge is 0.137 e. The number of hydrogen-bond donors (Lipinski definition) is 1. The lowest BCUT2D eigenvalue weighted by molar-refractivity contribution is 0.459. The summed E-state index contributed by atoms with van der Waals surface area (Å²) in [5.41, 5.74) is 11.1. The van der Waals surface area contributed by atoms with E-state index in [1.54, 1.807) is 0 Å². The van der Waals surface area contributed by atoms with Gasteiger partial charge in [0.1, 0.15) is 17.7 Å². The van der Waals surface area contributed by atoms with Gasteiger partial charge in [-0.1, -0.05) is 45.0 Å². The molecule has 21 heavy (non-hydrogen) atoms. The minimum atomic E-state index is -0.205. The molecule has 0 aliphatic heterocycles. The standard InChI is InChI=1S/C18H19N3/c1-11-15(12(9-19)10-20)13-7-5-6-8-14(13)17(21)16(11)18(2,3)4/h5-8,17H,21H2,1-4H3. The van der Waals surface area contributed by atoms with Crippen molar-refractivity contribution in [2.75, 3.05) is 0 Å². The quantitative estimate of drug-likeness (QED) is 0.732. The molecule has 3 nitrogen and oxygen atoms in total. The van der Waals surface area contributed by atoms with Crippen molar-refractivity contribution in [2.24, 2.45) is 11.1 Å². The first-order chi connectivity index (χ1) is 9.82. The Hall–Kier alpha value is -2.36. The number of nitrogens with zero attached hydrogens (tertiary/aromatic N) is 2. The Morgan fingerprint density at radius 3 is 2.24 bits per heavy atom. The number of hydrogen-bond acceptors (Lipinski definition) is 3. The van der Waals surface area contributed by atoms with Crippen molar-refractivity contribution >= 4 is 5.57 Å². The molecule has 0 spiro atoms. The highest BCUT2D eigenvalue weighted by atomic mass is 14.7. The Labute approximate surface area is 126 Å². The lowest BCUT2D eigenvalue weighted by Gasteiger charge is -2.36. The molecule has 2 N–H and O–H groups in total. The van der Waals surface area contributed by atoms with Gasteiger partial charge in [-0.15, -0.1) is 0 Å². The number of fused-ring (bicyclic) bond motifs is 1. The number of benzene rings is 1. The molecule has 3 heteroatoms. The molecular weight excluding hydrogens is 258 g/mol. The van der Waals surface area contributed by atoms with Crippen molar-refractivity contribution in [3.05, 3.63) is 52.1 Å². The number of allylic oxidation sites excluding steroid dienone is 3. The second-order valence-electron chi connectivity index (χ2n) is 6.33. The van der Waals surface area contributed by atoms with Crippen LogP contribution < -0.4 is 5.73 Å². The van der Waals surface area contributed by atoms with Gasteiger partial charge in [0.2, 0.25) is 0 Å². The van der Waals surface area contributed by atoms with E-state index < -0.39 is 0 Å². The zero-order valence-electron chi connectivity index (χ0n) is 12.9. The molecular formula is C18H19N3. The Morgan fingerprint density at radius 2 is 1.71 bits per heavy atom. The van der Waals surface area contributed by atoms with Crippen molar-refractivity contribution in [3.63, 3.8) is 0 Å². The van der Waals surface area contributed by atoms with Crippen LogP contribution in [0, 0.1) is 28.1 Å². The zero-order chi connectivity index (χ0) is 15.8. The molecule has 1 unspecified atom stereocenters. The van der Waals surface area contributed by atoms with Gasteiger partial charge in [0.15, 0.2) is 0 Å². The Bertz CT molecular complexity index is 715. The van der Waals surface area contributed by atoms with E-state index in [-0.39, 0.29) is 17.0 Å². The van der Waals surface area contributed by atoms with Crippen LogP contribution in [0.25, 0.3) is 5.57 Å². The maximum atomic E-state index is 9.29. The van der Waals surface area contributed by atoms with Crippen LogP contribution in [0.5, 0.6) is 0 Å². The fraction of sp³-hybridized carbons (Fsp3) is 0.333. The second-order valence-corrected chi connectivity index (χ2v) is 6.33. The SMILES string of the molecule is CC1=C(C(C)(C)C)C(N)c2ccccc2C1=C(C#N)C#N. The fourth-order valence-corrected chi connectivity index (χ4v) is 3.21. The van der Waals surface area contributed by atoms with E-state index in [0.29, 0.717) is 0 Å². The molecule has 106 valence electrons. The maximum absolute atomic E-state index is 9.29. The molecule has 0 aromatic heterocycles. The van der Waals surface area contributed by atoms with Crippen molar-refractivity contribution in [1.82, 2.24) is 0 Å². The first-order valence-electron chi connectivity index (χ1n) is 6.94. The predicted molar refractivity (Wildman–Crippen MR) is 83.7 cm³/mol. The summed E-state index contributed by atoms with van der Waals surface area (Å²) in [6, 6.07) is 11.6. The summed E-state index contributed by atoms with van der Waals surface area (Å²) in [5, 5.41) is 18.6. The third-order valence-electron chi connectivity index (χ3n) is 3.94. The lowest BCUT2D eigenvalue weighted by atomic mass is 9.70. The summed E-state index contributed by atoms with van der Waals surface area (Å²) in [6.07, 6.45) is 0. The van der Waals surface area contributed by atoms with E-state index in [4.69, 9.17) is 5.73 Å². The van der Waals surface area contributed by atoms with E-state index in [9.17, 15) is 10.5 Å². The van der Waals surface area contributed by atoms with Crippen molar-refractivity contribution in [3.8, 4) is 12.1 Å². The van der Waals surface area contributed by atoms with Gasteiger partial charge < -0.3 is 5.73 Å². The maximum Gasteiger partial charge on any atom is 0.137 e. The summed E-state index contributed by atoms with van der Waals surface area (Å²) >= 11 is 0. The monoisotopic (exact) mass is 277 g/mol. The summed E-state index contributed by atoms with van der Waals surface area (Å²) in [7, 11) is 0. The average molecular weight is 277 g/mol. The third kappa shape index (κ3) is 2.37. The van der Waals surface area contributed by atoms with Crippen LogP contribution in [0.1, 0.15) is 44.9 Å². The molecule has 0 bridgehead atoms. The molecule has 0 amide bonds. The second kappa shape index (κ2) is 5.20. The average Bonchev–Trinajstić information content (AvgIpc) is 2.42. The molecule has 1 atom stereocenters. The molecule has 0 heterocycles. The molecule has 0 saturated heterocycles. The van der Waals surface area contributed by atoms with E-state index in [1.165, 1.54) is 0 Å².